The van der Waals surface area contributed by atoms with Gasteiger partial charge in [-0.25, -0.2) is 0 Å². The van der Waals surface area contributed by atoms with E-state index in [0.29, 0.717) is 6.61 Å². The Morgan fingerprint density at radius 1 is 1.32 bits per heavy atom. The first-order valence-corrected chi connectivity index (χ1v) is 8.50. The van der Waals surface area contributed by atoms with E-state index in [9.17, 15) is 5.11 Å². The van der Waals surface area contributed by atoms with Crippen LogP contribution in [0.1, 0.15) is 67.2 Å². The minimum atomic E-state index is -0.690. The second-order valence-corrected chi connectivity index (χ2v) is 7.48. The quantitative estimate of drug-likeness (QED) is 0.656. The maximum absolute atomic E-state index is 10.3. The lowest BCUT2D eigenvalue weighted by atomic mass is 9.78. The molecule has 126 valence electrons. The molecule has 2 unspecified atom stereocenters. The predicted octanol–water partition coefficient (Wildman–Crippen LogP) is 5.19. The summed E-state index contributed by atoms with van der Waals surface area (Å²) in [6, 6.07) is 0. The molecule has 1 aliphatic rings. The number of hydrogen-bond acceptors (Lipinski definition) is 2. The van der Waals surface area contributed by atoms with Gasteiger partial charge in [0.1, 0.15) is 0 Å². The Morgan fingerprint density at radius 3 is 2.59 bits per heavy atom. The zero-order valence-electron chi connectivity index (χ0n) is 15.3. The van der Waals surface area contributed by atoms with Crippen molar-refractivity contribution in [3.05, 3.63) is 34.9 Å². The number of aliphatic hydroxyl groups is 1. The maximum Gasteiger partial charge on any atom is 0.0818 e. The van der Waals surface area contributed by atoms with Crippen LogP contribution in [0, 0.1) is 5.92 Å². The van der Waals surface area contributed by atoms with Crippen LogP contribution in [0.25, 0.3) is 0 Å². The van der Waals surface area contributed by atoms with Crippen molar-refractivity contribution in [2.75, 3.05) is 6.61 Å². The molecule has 2 atom stereocenters. The van der Waals surface area contributed by atoms with Gasteiger partial charge in [-0.3, -0.25) is 0 Å². The van der Waals surface area contributed by atoms with E-state index in [1.807, 2.05) is 13.8 Å². The summed E-state index contributed by atoms with van der Waals surface area (Å²) in [5, 5.41) is 10.3. The minimum absolute atomic E-state index is 0.0237. The Labute approximate surface area is 137 Å². The van der Waals surface area contributed by atoms with E-state index in [1.54, 1.807) is 0 Å². The molecule has 0 aromatic rings. The largest absolute Gasteiger partial charge is 0.390 e. The molecule has 0 heterocycles. The Hall–Kier alpha value is -0.860. The second kappa shape index (κ2) is 8.69. The zero-order valence-corrected chi connectivity index (χ0v) is 15.3. The van der Waals surface area contributed by atoms with Crippen molar-refractivity contribution >= 4 is 0 Å². The summed E-state index contributed by atoms with van der Waals surface area (Å²) in [6.45, 7) is 13.0. The monoisotopic (exact) mass is 306 g/mol. The summed E-state index contributed by atoms with van der Waals surface area (Å²) >= 11 is 0. The maximum atomic E-state index is 10.3. The van der Waals surface area contributed by atoms with Crippen LogP contribution in [0.3, 0.4) is 0 Å². The number of allylic oxidation sites excluding steroid dienone is 4. The molecule has 1 N–H and O–H groups in total. The fraction of sp³-hybridized carbons (Fsp3) is 0.700. The normalized spacial score (nSPS) is 23.2. The van der Waals surface area contributed by atoms with Crippen LogP contribution in [-0.4, -0.2) is 23.4 Å². The molecular weight excluding hydrogens is 272 g/mol. The molecule has 0 saturated carbocycles. The van der Waals surface area contributed by atoms with Crippen LogP contribution in [0.4, 0.5) is 0 Å². The van der Waals surface area contributed by atoms with E-state index in [2.05, 4.69) is 45.9 Å². The van der Waals surface area contributed by atoms with Crippen LogP contribution in [0.5, 0.6) is 0 Å². The molecule has 1 aliphatic carbocycles. The molecule has 0 fully saturated rings. The van der Waals surface area contributed by atoms with E-state index in [-0.39, 0.29) is 12.0 Å². The third kappa shape index (κ3) is 6.93. The van der Waals surface area contributed by atoms with Gasteiger partial charge in [-0.15, -0.1) is 0 Å². The summed E-state index contributed by atoms with van der Waals surface area (Å²) in [6.07, 6.45) is 10.9. The van der Waals surface area contributed by atoms with Gasteiger partial charge in [0, 0.05) is 5.92 Å². The minimum Gasteiger partial charge on any atom is -0.390 e. The lowest BCUT2D eigenvalue weighted by Crippen LogP contribution is -2.41. The van der Waals surface area contributed by atoms with E-state index >= 15 is 0 Å². The summed E-state index contributed by atoms with van der Waals surface area (Å²) in [4.78, 5) is 0. The molecule has 0 saturated heterocycles. The topological polar surface area (TPSA) is 29.5 Å². The highest BCUT2D eigenvalue weighted by molar-refractivity contribution is 5.11. The zero-order chi connectivity index (χ0) is 16.8. The van der Waals surface area contributed by atoms with Gasteiger partial charge in [0.15, 0.2) is 0 Å². The Bertz CT molecular complexity index is 431. The van der Waals surface area contributed by atoms with Gasteiger partial charge >= 0.3 is 0 Å². The third-order valence-electron chi connectivity index (χ3n) is 4.41. The summed E-state index contributed by atoms with van der Waals surface area (Å²) < 4.78 is 6.06. The Morgan fingerprint density at radius 2 is 2.00 bits per heavy atom. The SMILES string of the molecule is CC(C)=CCC/C(C)=C/COC1C=C(C)CCC1C(C)(C)O. The molecule has 0 spiro atoms. The summed E-state index contributed by atoms with van der Waals surface area (Å²) in [7, 11) is 0. The number of rotatable bonds is 7. The van der Waals surface area contributed by atoms with Crippen molar-refractivity contribution in [3.8, 4) is 0 Å². The first kappa shape index (κ1) is 19.2. The van der Waals surface area contributed by atoms with Crippen molar-refractivity contribution < 1.29 is 9.84 Å². The molecule has 1 rings (SSSR count). The average Bonchev–Trinajstić information content (AvgIpc) is 2.36. The van der Waals surface area contributed by atoms with Crippen LogP contribution in [0.2, 0.25) is 0 Å². The van der Waals surface area contributed by atoms with Gasteiger partial charge in [0.2, 0.25) is 0 Å². The van der Waals surface area contributed by atoms with Crippen molar-refractivity contribution in [2.45, 2.75) is 78.9 Å². The first-order valence-electron chi connectivity index (χ1n) is 8.50. The molecule has 0 bridgehead atoms. The smallest absolute Gasteiger partial charge is 0.0818 e. The average molecular weight is 306 g/mol. The highest BCUT2D eigenvalue weighted by Gasteiger charge is 2.35. The Kier molecular flexibility index (Phi) is 7.58. The fourth-order valence-corrected chi connectivity index (χ4v) is 2.94. The van der Waals surface area contributed by atoms with E-state index in [4.69, 9.17) is 4.74 Å². The van der Waals surface area contributed by atoms with Gasteiger partial charge < -0.3 is 9.84 Å². The third-order valence-corrected chi connectivity index (χ3v) is 4.41. The molecule has 0 aromatic heterocycles. The predicted molar refractivity (Wildman–Crippen MR) is 94.9 cm³/mol. The van der Waals surface area contributed by atoms with Gasteiger partial charge in [0.05, 0.1) is 18.3 Å². The van der Waals surface area contributed by atoms with Gasteiger partial charge in [-0.2, -0.15) is 0 Å². The lowest BCUT2D eigenvalue weighted by molar-refractivity contribution is -0.0591. The summed E-state index contributed by atoms with van der Waals surface area (Å²) in [5.41, 5.74) is 3.42. The van der Waals surface area contributed by atoms with Crippen molar-refractivity contribution in [2.24, 2.45) is 5.92 Å². The second-order valence-electron chi connectivity index (χ2n) is 7.48. The van der Waals surface area contributed by atoms with Gasteiger partial charge in [-0.05, 0) is 67.2 Å². The van der Waals surface area contributed by atoms with E-state index in [0.717, 1.165) is 25.7 Å². The molecular formula is C20H34O2. The first-order chi connectivity index (χ1) is 10.2. The molecule has 2 nitrogen and oxygen atoms in total. The van der Waals surface area contributed by atoms with Gasteiger partial charge in [-0.1, -0.05) is 34.9 Å². The van der Waals surface area contributed by atoms with Gasteiger partial charge in [0.25, 0.3) is 0 Å². The lowest BCUT2D eigenvalue weighted by Gasteiger charge is -2.37. The van der Waals surface area contributed by atoms with Crippen LogP contribution in [0.15, 0.2) is 34.9 Å². The van der Waals surface area contributed by atoms with Crippen LogP contribution < -0.4 is 0 Å². The van der Waals surface area contributed by atoms with Crippen LogP contribution in [-0.2, 0) is 4.74 Å². The summed E-state index contributed by atoms with van der Waals surface area (Å²) in [5.74, 6) is 0.176. The standard InChI is InChI=1S/C20H34O2/c1-15(2)8-7-9-16(3)12-13-22-19-14-17(4)10-11-18(19)20(5,6)21/h8,12,14,18-19,21H,7,9-11,13H2,1-6H3/b16-12+. The number of ether oxygens (including phenoxy) is 1. The van der Waals surface area contributed by atoms with Crippen molar-refractivity contribution in [3.63, 3.8) is 0 Å². The molecule has 22 heavy (non-hydrogen) atoms. The molecule has 0 amide bonds. The van der Waals surface area contributed by atoms with Crippen molar-refractivity contribution in [1.82, 2.24) is 0 Å². The molecule has 0 aliphatic heterocycles. The molecule has 0 radical (unpaired) electrons. The van der Waals surface area contributed by atoms with E-state index in [1.165, 1.54) is 16.7 Å². The molecule has 0 aromatic carbocycles. The van der Waals surface area contributed by atoms with Crippen LogP contribution >= 0.6 is 0 Å². The number of hydrogen-bond donors (Lipinski definition) is 1. The molecule has 2 heteroatoms. The Balaban J connectivity index is 2.53. The fourth-order valence-electron chi connectivity index (χ4n) is 2.94. The highest BCUT2D eigenvalue weighted by atomic mass is 16.5. The van der Waals surface area contributed by atoms with Crippen molar-refractivity contribution in [1.29, 1.82) is 0 Å². The highest BCUT2D eigenvalue weighted by Crippen LogP contribution is 2.33. The van der Waals surface area contributed by atoms with E-state index < -0.39 is 5.60 Å².